The number of aromatic nitrogens is 1. The van der Waals surface area contributed by atoms with Crippen LogP contribution in [0.2, 0.25) is 0 Å². The molecule has 0 atom stereocenters. The van der Waals surface area contributed by atoms with E-state index in [1.54, 1.807) is 18.2 Å². The Hall–Kier alpha value is -2.89. The lowest BCUT2D eigenvalue weighted by Gasteiger charge is -2.03. The second-order valence-electron chi connectivity index (χ2n) is 4.26. The van der Waals surface area contributed by atoms with Gasteiger partial charge in [0.1, 0.15) is 16.5 Å². The Balaban J connectivity index is 2.48. The molecule has 0 unspecified atom stereocenters. The fourth-order valence-corrected chi connectivity index (χ4v) is 2.13. The Bertz CT molecular complexity index is 899. The van der Waals surface area contributed by atoms with E-state index in [2.05, 4.69) is 9.72 Å². The van der Waals surface area contributed by atoms with Crippen molar-refractivity contribution in [1.82, 2.24) is 0 Å². The number of nitrogens with one attached hydrogen (secondary N) is 1. The normalized spacial score (nSPS) is 10.8. The number of nitrogen functional groups attached to an aromatic ring is 1. The molecular formula is C14H11N2O4+. The second-order valence-corrected chi connectivity index (χ2v) is 4.26. The van der Waals surface area contributed by atoms with Crippen molar-refractivity contribution in [3.8, 4) is 0 Å². The maximum atomic E-state index is 12.0. The number of para-hydroxylation sites is 1. The van der Waals surface area contributed by atoms with Gasteiger partial charge in [-0.15, -0.1) is 0 Å². The lowest BCUT2D eigenvalue weighted by molar-refractivity contribution is -0.325. The zero-order valence-electron chi connectivity index (χ0n) is 10.6. The highest BCUT2D eigenvalue weighted by molar-refractivity contribution is 6.03. The molecule has 6 nitrogen and oxygen atoms in total. The minimum absolute atomic E-state index is 0.0996. The van der Waals surface area contributed by atoms with E-state index in [0.29, 0.717) is 16.5 Å². The van der Waals surface area contributed by atoms with Crippen LogP contribution in [0.1, 0.15) is 10.4 Å². The van der Waals surface area contributed by atoms with Gasteiger partial charge in [0, 0.05) is 0 Å². The summed E-state index contributed by atoms with van der Waals surface area (Å²) in [7, 11) is 1.24. The van der Waals surface area contributed by atoms with Crippen molar-refractivity contribution in [2.75, 3.05) is 12.8 Å². The molecule has 0 amide bonds. The summed E-state index contributed by atoms with van der Waals surface area (Å²) in [6.07, 6.45) is 0. The Morgan fingerprint density at radius 1 is 1.30 bits per heavy atom. The summed E-state index contributed by atoms with van der Waals surface area (Å²) in [6.45, 7) is 0. The van der Waals surface area contributed by atoms with E-state index in [0.717, 1.165) is 0 Å². The molecule has 3 rings (SSSR count). The van der Waals surface area contributed by atoms with Gasteiger partial charge in [0.05, 0.1) is 12.5 Å². The van der Waals surface area contributed by atoms with Crippen molar-refractivity contribution in [1.29, 1.82) is 0 Å². The van der Waals surface area contributed by atoms with Crippen LogP contribution in [0.4, 0.5) is 5.82 Å². The SMILES string of the molecule is COC(=O)c1cc2c(=O)oc3ccccc3c2[nH+]c1N. The van der Waals surface area contributed by atoms with E-state index in [4.69, 9.17) is 10.2 Å². The number of benzene rings is 1. The number of ether oxygens (including phenoxy) is 1. The first-order chi connectivity index (χ1) is 9.61. The van der Waals surface area contributed by atoms with E-state index in [1.807, 2.05) is 6.07 Å². The van der Waals surface area contributed by atoms with Gasteiger partial charge in [-0.3, -0.25) is 5.73 Å². The lowest BCUT2D eigenvalue weighted by atomic mass is 10.1. The molecule has 2 heterocycles. The summed E-state index contributed by atoms with van der Waals surface area (Å²) in [5.74, 6) is -0.478. The molecule has 100 valence electrons. The number of H-pyrrole nitrogens is 1. The summed E-state index contributed by atoms with van der Waals surface area (Å²) in [5, 5.41) is 0.962. The fourth-order valence-electron chi connectivity index (χ4n) is 2.13. The maximum absolute atomic E-state index is 12.0. The summed E-state index contributed by atoms with van der Waals surface area (Å²) < 4.78 is 9.84. The van der Waals surface area contributed by atoms with Crippen LogP contribution in [0.3, 0.4) is 0 Å². The lowest BCUT2D eigenvalue weighted by Crippen LogP contribution is -2.20. The van der Waals surface area contributed by atoms with E-state index >= 15 is 0 Å². The quantitative estimate of drug-likeness (QED) is 0.406. The zero-order valence-corrected chi connectivity index (χ0v) is 10.6. The standard InChI is InChI=1S/C14H10N2O4/c1-19-13(17)9-6-8-11(16-12(9)15)7-4-2-3-5-10(7)20-14(8)18/h2-6H,1H3,(H2,15,16)/p+1. The van der Waals surface area contributed by atoms with Gasteiger partial charge in [0.15, 0.2) is 5.52 Å². The molecule has 0 radical (unpaired) electrons. The number of nitrogens with two attached hydrogens (primary N) is 1. The number of anilines is 1. The number of fused-ring (bicyclic) bond motifs is 3. The van der Waals surface area contributed by atoms with Crippen LogP contribution in [-0.2, 0) is 4.74 Å². The highest BCUT2D eigenvalue weighted by Gasteiger charge is 2.20. The summed E-state index contributed by atoms with van der Waals surface area (Å²) in [5.41, 5.74) is 6.35. The smallest absolute Gasteiger partial charge is 0.347 e. The number of hydrogen-bond donors (Lipinski definition) is 1. The van der Waals surface area contributed by atoms with Gasteiger partial charge < -0.3 is 9.15 Å². The van der Waals surface area contributed by atoms with Gasteiger partial charge in [-0.1, -0.05) is 12.1 Å². The Labute approximate surface area is 112 Å². The van der Waals surface area contributed by atoms with E-state index < -0.39 is 11.6 Å². The highest BCUT2D eigenvalue weighted by Crippen LogP contribution is 2.21. The van der Waals surface area contributed by atoms with Gasteiger partial charge >= 0.3 is 11.6 Å². The molecule has 0 spiro atoms. The van der Waals surface area contributed by atoms with Gasteiger partial charge in [0.2, 0.25) is 0 Å². The summed E-state index contributed by atoms with van der Waals surface area (Å²) >= 11 is 0. The number of aromatic amines is 1. The average Bonchev–Trinajstić information content (AvgIpc) is 2.46. The zero-order chi connectivity index (χ0) is 14.3. The fraction of sp³-hybridized carbons (Fsp3) is 0.0714. The predicted molar refractivity (Wildman–Crippen MR) is 72.3 cm³/mol. The van der Waals surface area contributed by atoms with Gasteiger partial charge in [-0.2, -0.15) is 0 Å². The van der Waals surface area contributed by atoms with Crippen molar-refractivity contribution in [3.63, 3.8) is 0 Å². The van der Waals surface area contributed by atoms with Crippen LogP contribution in [0, 0.1) is 0 Å². The number of hydrogen-bond acceptors (Lipinski definition) is 5. The minimum atomic E-state index is -0.617. The monoisotopic (exact) mass is 271 g/mol. The van der Waals surface area contributed by atoms with Gasteiger partial charge in [0.25, 0.3) is 5.82 Å². The van der Waals surface area contributed by atoms with Crippen molar-refractivity contribution in [2.45, 2.75) is 0 Å². The first-order valence-corrected chi connectivity index (χ1v) is 5.87. The topological polar surface area (TPSA) is 96.7 Å². The van der Waals surface area contributed by atoms with Crippen LogP contribution in [-0.4, -0.2) is 13.1 Å². The van der Waals surface area contributed by atoms with Gasteiger partial charge in [-0.05, 0) is 18.2 Å². The number of pyridine rings is 1. The molecule has 2 aromatic heterocycles. The molecule has 0 saturated heterocycles. The predicted octanol–water partition coefficient (Wildman–Crippen LogP) is 1.13. The number of esters is 1. The maximum Gasteiger partial charge on any atom is 0.347 e. The third kappa shape index (κ3) is 1.70. The minimum Gasteiger partial charge on any atom is -0.465 e. The molecule has 0 aliphatic carbocycles. The summed E-state index contributed by atoms with van der Waals surface area (Å²) in [4.78, 5) is 26.5. The molecule has 20 heavy (non-hydrogen) atoms. The molecule has 0 aliphatic rings. The van der Waals surface area contributed by atoms with Crippen LogP contribution < -0.4 is 16.3 Å². The summed E-state index contributed by atoms with van der Waals surface area (Å²) in [6, 6.07) is 8.46. The van der Waals surface area contributed by atoms with Crippen molar-refractivity contribution < 1.29 is 18.9 Å². The van der Waals surface area contributed by atoms with Crippen molar-refractivity contribution >= 4 is 33.7 Å². The Kier molecular flexibility index (Phi) is 2.64. The molecule has 3 N–H and O–H groups in total. The number of carbonyl (C=O) groups excluding carboxylic acids is 1. The first kappa shape index (κ1) is 12.2. The number of methoxy groups -OCH3 is 1. The molecule has 0 aliphatic heterocycles. The van der Waals surface area contributed by atoms with Crippen LogP contribution in [0.15, 0.2) is 39.5 Å². The Morgan fingerprint density at radius 3 is 2.80 bits per heavy atom. The molecule has 3 aromatic rings. The van der Waals surface area contributed by atoms with Gasteiger partial charge in [-0.25, -0.2) is 14.6 Å². The average molecular weight is 271 g/mol. The van der Waals surface area contributed by atoms with Crippen molar-refractivity contribution in [2.24, 2.45) is 0 Å². The molecule has 0 saturated carbocycles. The number of rotatable bonds is 1. The van der Waals surface area contributed by atoms with Crippen LogP contribution in [0.5, 0.6) is 0 Å². The number of carbonyl (C=O) groups is 1. The first-order valence-electron chi connectivity index (χ1n) is 5.87. The Morgan fingerprint density at radius 2 is 2.05 bits per heavy atom. The third-order valence-corrected chi connectivity index (χ3v) is 3.09. The van der Waals surface area contributed by atoms with Crippen molar-refractivity contribution in [3.05, 3.63) is 46.3 Å². The van der Waals surface area contributed by atoms with E-state index in [9.17, 15) is 9.59 Å². The molecule has 0 bridgehead atoms. The third-order valence-electron chi connectivity index (χ3n) is 3.09. The molecule has 0 fully saturated rings. The molecule has 1 aromatic carbocycles. The van der Waals surface area contributed by atoms with Crippen LogP contribution in [0.25, 0.3) is 21.9 Å². The van der Waals surface area contributed by atoms with Crippen LogP contribution >= 0.6 is 0 Å². The molecular weight excluding hydrogens is 260 g/mol. The highest BCUT2D eigenvalue weighted by atomic mass is 16.5. The van der Waals surface area contributed by atoms with E-state index in [1.165, 1.54) is 13.2 Å². The molecule has 6 heteroatoms. The van der Waals surface area contributed by atoms with E-state index in [-0.39, 0.29) is 16.8 Å². The largest absolute Gasteiger partial charge is 0.465 e. The second kappa shape index (κ2) is 4.34.